The quantitative estimate of drug-likeness (QED) is 0.241. The molecule has 0 aliphatic carbocycles. The summed E-state index contributed by atoms with van der Waals surface area (Å²) < 4.78 is 5.52. The normalized spacial score (nSPS) is 24.3. The summed E-state index contributed by atoms with van der Waals surface area (Å²) >= 11 is 0. The van der Waals surface area contributed by atoms with E-state index in [1.165, 1.54) is 29.2 Å². The molecule has 3 aromatic carbocycles. The largest absolute Gasteiger partial charge is 0.496 e. The number of unbranched alkanes of at least 4 members (excludes halogenated alkanes) is 1. The molecule has 10 heteroatoms. The van der Waals surface area contributed by atoms with Crippen LogP contribution in [0.5, 0.6) is 5.75 Å². The Morgan fingerprint density at radius 2 is 1.77 bits per heavy atom. The van der Waals surface area contributed by atoms with Crippen molar-refractivity contribution in [3.05, 3.63) is 81.9 Å². The van der Waals surface area contributed by atoms with Gasteiger partial charge in [-0.1, -0.05) is 55.8 Å². The van der Waals surface area contributed by atoms with E-state index in [1.807, 2.05) is 37.3 Å². The average Bonchev–Trinajstić information content (AvgIpc) is 3.40. The molecular weight excluding hydrogens is 502 g/mol. The fourth-order valence-corrected chi connectivity index (χ4v) is 6.10. The molecule has 2 fully saturated rings. The van der Waals surface area contributed by atoms with Crippen LogP contribution in [-0.4, -0.2) is 51.9 Å². The number of hydrogen-bond donors (Lipinski definition) is 2. The minimum atomic E-state index is -1.81. The molecule has 202 valence electrons. The van der Waals surface area contributed by atoms with Crippen LogP contribution >= 0.6 is 0 Å². The number of non-ortho nitro benzene ring substituents is 1. The standard InChI is InChI=1S/C29H29N3O7/c1-3-4-15-31-26(33)23-24(27(31)34)29(28(35)36,16-17-9-11-18(12-10-17)32(37)38)30-25(23)21-13-14-22(39-2)20-8-6-5-7-19(20)21/h5-14,23-25,30H,3-4,15-16H2,1-2H3,(H,35,36). The third-order valence-corrected chi connectivity index (χ3v) is 7.97. The van der Waals surface area contributed by atoms with Crippen molar-refractivity contribution in [3.63, 3.8) is 0 Å². The van der Waals surface area contributed by atoms with Crippen molar-refractivity contribution in [2.75, 3.05) is 13.7 Å². The second-order valence-electron chi connectivity index (χ2n) is 10.1. The van der Waals surface area contributed by atoms with Crippen LogP contribution in [0.4, 0.5) is 5.69 Å². The topological polar surface area (TPSA) is 139 Å². The van der Waals surface area contributed by atoms with E-state index in [2.05, 4.69) is 5.32 Å². The molecule has 2 N–H and O–H groups in total. The first-order chi connectivity index (χ1) is 18.7. The molecule has 2 heterocycles. The molecule has 2 aliphatic heterocycles. The Bertz CT molecular complexity index is 1470. The number of likely N-dealkylation sites (tertiary alicyclic amines) is 1. The van der Waals surface area contributed by atoms with E-state index in [9.17, 15) is 29.6 Å². The molecule has 39 heavy (non-hydrogen) atoms. The van der Waals surface area contributed by atoms with E-state index in [-0.39, 0.29) is 24.6 Å². The number of nitrogens with one attached hydrogen (secondary N) is 1. The number of carboxylic acid groups (broad SMARTS) is 1. The summed E-state index contributed by atoms with van der Waals surface area (Å²) in [4.78, 5) is 52.5. The molecule has 10 nitrogen and oxygen atoms in total. The molecule has 4 unspecified atom stereocenters. The number of hydrogen-bond acceptors (Lipinski definition) is 7. The Morgan fingerprint density at radius 3 is 2.38 bits per heavy atom. The first-order valence-electron chi connectivity index (χ1n) is 12.9. The van der Waals surface area contributed by atoms with Gasteiger partial charge in [-0.2, -0.15) is 0 Å². The molecule has 0 aromatic heterocycles. The molecule has 3 aromatic rings. The maximum absolute atomic E-state index is 13.8. The van der Waals surface area contributed by atoms with Crippen molar-refractivity contribution in [1.29, 1.82) is 0 Å². The smallest absolute Gasteiger partial charge is 0.325 e. The van der Waals surface area contributed by atoms with Gasteiger partial charge in [0.05, 0.1) is 23.9 Å². The summed E-state index contributed by atoms with van der Waals surface area (Å²) in [6.07, 6.45) is 1.25. The molecule has 0 radical (unpaired) electrons. The fourth-order valence-electron chi connectivity index (χ4n) is 6.10. The van der Waals surface area contributed by atoms with Crippen molar-refractivity contribution in [3.8, 4) is 5.75 Å². The van der Waals surface area contributed by atoms with Crippen molar-refractivity contribution in [2.45, 2.75) is 37.8 Å². The van der Waals surface area contributed by atoms with E-state index in [0.29, 0.717) is 23.3 Å². The highest BCUT2D eigenvalue weighted by molar-refractivity contribution is 6.10. The van der Waals surface area contributed by atoms with Crippen LogP contribution in [0.1, 0.15) is 36.9 Å². The highest BCUT2D eigenvalue weighted by atomic mass is 16.6. The minimum absolute atomic E-state index is 0.124. The van der Waals surface area contributed by atoms with Gasteiger partial charge in [0.25, 0.3) is 5.69 Å². The summed E-state index contributed by atoms with van der Waals surface area (Å²) in [5, 5.41) is 26.6. The molecule has 0 bridgehead atoms. The zero-order valence-electron chi connectivity index (χ0n) is 21.6. The van der Waals surface area contributed by atoms with E-state index in [1.54, 1.807) is 13.2 Å². The summed E-state index contributed by atoms with van der Waals surface area (Å²) in [6, 6.07) is 15.9. The predicted octanol–water partition coefficient (Wildman–Crippen LogP) is 3.87. The Balaban J connectivity index is 1.66. The highest BCUT2D eigenvalue weighted by Gasteiger charge is 2.68. The van der Waals surface area contributed by atoms with E-state index in [0.717, 1.165) is 17.2 Å². The van der Waals surface area contributed by atoms with Gasteiger partial charge in [0.15, 0.2) is 0 Å². The first kappa shape index (κ1) is 26.3. The highest BCUT2D eigenvalue weighted by Crippen LogP contribution is 2.51. The zero-order valence-corrected chi connectivity index (χ0v) is 21.6. The molecule has 5 rings (SSSR count). The number of ether oxygens (including phenoxy) is 1. The SMILES string of the molecule is CCCCN1C(=O)C2C(c3ccc(OC)c4ccccc34)NC(Cc3ccc([N+](=O)[O-])cc3)(C(=O)O)C2C1=O. The van der Waals surface area contributed by atoms with Crippen molar-refractivity contribution >= 4 is 34.2 Å². The number of aliphatic carboxylic acids is 1. The van der Waals surface area contributed by atoms with E-state index in [4.69, 9.17) is 4.74 Å². The van der Waals surface area contributed by atoms with Crippen LogP contribution in [0.3, 0.4) is 0 Å². The van der Waals surface area contributed by atoms with Gasteiger partial charge in [-0.3, -0.25) is 34.7 Å². The van der Waals surface area contributed by atoms with Gasteiger partial charge in [-0.15, -0.1) is 0 Å². The van der Waals surface area contributed by atoms with E-state index >= 15 is 0 Å². The maximum atomic E-state index is 13.8. The van der Waals surface area contributed by atoms with Gasteiger partial charge in [0.2, 0.25) is 11.8 Å². The molecule has 0 saturated carbocycles. The summed E-state index contributed by atoms with van der Waals surface area (Å²) in [7, 11) is 1.57. The van der Waals surface area contributed by atoms with Gasteiger partial charge < -0.3 is 9.84 Å². The summed E-state index contributed by atoms with van der Waals surface area (Å²) in [6.45, 7) is 2.18. The lowest BCUT2D eigenvalue weighted by atomic mass is 9.76. The Kier molecular flexibility index (Phi) is 6.82. The number of carboxylic acids is 1. The molecule has 2 aliphatic rings. The molecule has 2 amide bonds. The van der Waals surface area contributed by atoms with Crippen molar-refractivity contribution in [2.24, 2.45) is 11.8 Å². The first-order valence-corrected chi connectivity index (χ1v) is 12.9. The number of imide groups is 1. The monoisotopic (exact) mass is 531 g/mol. The van der Waals surface area contributed by atoms with Crippen LogP contribution in [0.15, 0.2) is 60.7 Å². The lowest BCUT2D eigenvalue weighted by Gasteiger charge is -2.31. The second-order valence-corrected chi connectivity index (χ2v) is 10.1. The average molecular weight is 532 g/mol. The number of rotatable bonds is 9. The Morgan fingerprint density at radius 1 is 1.08 bits per heavy atom. The number of nitro groups is 1. The third-order valence-electron chi connectivity index (χ3n) is 7.97. The van der Waals surface area contributed by atoms with Crippen molar-refractivity contribution in [1.82, 2.24) is 10.2 Å². The molecule has 0 spiro atoms. The number of methoxy groups -OCH3 is 1. The number of nitro benzene ring substituents is 1. The lowest BCUT2D eigenvalue weighted by Crippen LogP contribution is -2.57. The Hall–Kier alpha value is -4.31. The minimum Gasteiger partial charge on any atom is -0.496 e. The van der Waals surface area contributed by atoms with Crippen molar-refractivity contribution < 1.29 is 29.2 Å². The number of carbonyl (C=O) groups excluding carboxylic acids is 2. The fraction of sp³-hybridized carbons (Fsp3) is 0.345. The van der Waals surface area contributed by atoms with Crippen LogP contribution in [0.2, 0.25) is 0 Å². The maximum Gasteiger partial charge on any atom is 0.325 e. The van der Waals surface area contributed by atoms with Gasteiger partial charge in [0.1, 0.15) is 11.3 Å². The summed E-state index contributed by atoms with van der Waals surface area (Å²) in [5.41, 5.74) is -0.727. The number of benzene rings is 3. The molecule has 4 atom stereocenters. The second kappa shape index (κ2) is 10.1. The number of carbonyl (C=O) groups is 3. The number of amides is 2. The Labute approximate surface area is 224 Å². The van der Waals surface area contributed by atoms with Gasteiger partial charge in [0, 0.05) is 36.5 Å². The van der Waals surface area contributed by atoms with Crippen LogP contribution < -0.4 is 10.1 Å². The van der Waals surface area contributed by atoms with Gasteiger partial charge >= 0.3 is 5.97 Å². The van der Waals surface area contributed by atoms with E-state index < -0.39 is 40.2 Å². The number of fused-ring (bicyclic) bond motifs is 2. The zero-order chi connectivity index (χ0) is 27.9. The number of nitrogens with zero attached hydrogens (tertiary/aromatic N) is 2. The van der Waals surface area contributed by atoms with Crippen LogP contribution in [-0.2, 0) is 20.8 Å². The lowest BCUT2D eigenvalue weighted by molar-refractivity contribution is -0.384. The summed E-state index contributed by atoms with van der Waals surface area (Å²) in [5.74, 6) is -3.59. The molecular formula is C29H29N3O7. The van der Waals surface area contributed by atoms with Gasteiger partial charge in [-0.25, -0.2) is 0 Å². The van der Waals surface area contributed by atoms with Crippen LogP contribution in [0, 0.1) is 22.0 Å². The molecule has 2 saturated heterocycles. The predicted molar refractivity (Wildman–Crippen MR) is 142 cm³/mol. The van der Waals surface area contributed by atoms with Crippen LogP contribution in [0.25, 0.3) is 10.8 Å². The van der Waals surface area contributed by atoms with Gasteiger partial charge in [-0.05, 0) is 29.0 Å². The third kappa shape index (κ3) is 4.21.